The van der Waals surface area contributed by atoms with Crippen molar-refractivity contribution < 1.29 is 4.79 Å². The number of anilines is 1. The van der Waals surface area contributed by atoms with Crippen molar-refractivity contribution in [3.63, 3.8) is 0 Å². The highest BCUT2D eigenvalue weighted by atomic mass is 32.1. The zero-order chi connectivity index (χ0) is 12.7. The molecule has 0 fully saturated rings. The van der Waals surface area contributed by atoms with Gasteiger partial charge in [0.15, 0.2) is 5.11 Å². The first-order valence-electron chi connectivity index (χ1n) is 5.44. The molecule has 0 bridgehead atoms. The second-order valence-corrected chi connectivity index (χ2v) is 4.04. The van der Waals surface area contributed by atoms with Gasteiger partial charge in [-0.2, -0.15) is 0 Å². The van der Waals surface area contributed by atoms with E-state index in [-0.39, 0.29) is 5.91 Å². The Balaban J connectivity index is 2.44. The highest BCUT2D eigenvalue weighted by Gasteiger charge is 1.97. The van der Waals surface area contributed by atoms with Crippen molar-refractivity contribution in [3.8, 4) is 0 Å². The van der Waals surface area contributed by atoms with Crippen LogP contribution in [0, 0.1) is 0 Å². The van der Waals surface area contributed by atoms with E-state index < -0.39 is 0 Å². The summed E-state index contributed by atoms with van der Waals surface area (Å²) in [5.74, 6) is 0.00246. The fraction of sp³-hybridized carbons (Fsp3) is 0.333. The number of rotatable bonds is 4. The summed E-state index contributed by atoms with van der Waals surface area (Å²) in [6.45, 7) is 2.18. The second-order valence-electron chi connectivity index (χ2n) is 3.63. The van der Waals surface area contributed by atoms with E-state index in [0.29, 0.717) is 11.7 Å². The molecule has 0 radical (unpaired) electrons. The van der Waals surface area contributed by atoms with E-state index in [4.69, 9.17) is 12.2 Å². The molecule has 0 aromatic heterocycles. The summed E-state index contributed by atoms with van der Waals surface area (Å²) in [6.07, 6.45) is 0.830. The highest BCUT2D eigenvalue weighted by molar-refractivity contribution is 7.80. The van der Waals surface area contributed by atoms with E-state index in [1.54, 1.807) is 7.05 Å². The summed E-state index contributed by atoms with van der Waals surface area (Å²) in [5.41, 5.74) is 2.13. The first-order chi connectivity index (χ1) is 8.11. The van der Waals surface area contributed by atoms with Gasteiger partial charge < -0.3 is 16.0 Å². The zero-order valence-corrected chi connectivity index (χ0v) is 10.9. The standard InChI is InChI=1S/C12H17N3OS/c1-9(16)14-8-7-10-3-5-11(6-4-10)15-12(17)13-2/h3-6H,7-8H2,1-2H3,(H,14,16)(H2,13,15,17). The number of thiocarbonyl (C=S) groups is 1. The van der Waals surface area contributed by atoms with Crippen LogP contribution >= 0.6 is 12.2 Å². The lowest BCUT2D eigenvalue weighted by Gasteiger charge is -2.08. The highest BCUT2D eigenvalue weighted by Crippen LogP contribution is 2.09. The van der Waals surface area contributed by atoms with Gasteiger partial charge in [0, 0.05) is 26.2 Å². The van der Waals surface area contributed by atoms with Gasteiger partial charge in [0.25, 0.3) is 0 Å². The van der Waals surface area contributed by atoms with Gasteiger partial charge in [-0.3, -0.25) is 4.79 Å². The predicted molar refractivity (Wildman–Crippen MR) is 74.1 cm³/mol. The fourth-order valence-electron chi connectivity index (χ4n) is 1.33. The minimum Gasteiger partial charge on any atom is -0.366 e. The van der Waals surface area contributed by atoms with E-state index in [9.17, 15) is 4.79 Å². The zero-order valence-electron chi connectivity index (χ0n) is 10.0. The van der Waals surface area contributed by atoms with Crippen LogP contribution in [-0.4, -0.2) is 24.6 Å². The Morgan fingerprint density at radius 2 is 1.94 bits per heavy atom. The normalized spacial score (nSPS) is 9.53. The Morgan fingerprint density at radius 1 is 1.29 bits per heavy atom. The number of carbonyl (C=O) groups is 1. The molecule has 1 amide bonds. The van der Waals surface area contributed by atoms with E-state index in [2.05, 4.69) is 16.0 Å². The van der Waals surface area contributed by atoms with Crippen molar-refractivity contribution >= 4 is 28.9 Å². The first kappa shape index (κ1) is 13.4. The number of nitrogens with one attached hydrogen (secondary N) is 3. The Labute approximate surface area is 107 Å². The summed E-state index contributed by atoms with van der Waals surface area (Å²) >= 11 is 5.00. The minimum atomic E-state index is 0.00246. The molecule has 3 N–H and O–H groups in total. The number of amides is 1. The predicted octanol–water partition coefficient (Wildman–Crippen LogP) is 1.28. The number of carbonyl (C=O) groups excluding carboxylic acids is 1. The molecule has 92 valence electrons. The summed E-state index contributed by atoms with van der Waals surface area (Å²) in [7, 11) is 1.77. The van der Waals surface area contributed by atoms with Gasteiger partial charge in [-0.1, -0.05) is 12.1 Å². The molecule has 17 heavy (non-hydrogen) atoms. The van der Waals surface area contributed by atoms with E-state index in [1.807, 2.05) is 24.3 Å². The lowest BCUT2D eigenvalue weighted by Crippen LogP contribution is -2.24. The summed E-state index contributed by atoms with van der Waals surface area (Å²) in [6, 6.07) is 7.96. The van der Waals surface area contributed by atoms with Crippen molar-refractivity contribution in [2.45, 2.75) is 13.3 Å². The Kier molecular flexibility index (Phi) is 5.42. The average Bonchev–Trinajstić information content (AvgIpc) is 2.31. The molecule has 0 aliphatic carbocycles. The third kappa shape index (κ3) is 5.31. The van der Waals surface area contributed by atoms with Gasteiger partial charge in [0.05, 0.1) is 0 Å². The Morgan fingerprint density at radius 3 is 2.47 bits per heavy atom. The van der Waals surface area contributed by atoms with Gasteiger partial charge in [-0.15, -0.1) is 0 Å². The monoisotopic (exact) mass is 251 g/mol. The Bertz CT molecular complexity index is 389. The summed E-state index contributed by atoms with van der Waals surface area (Å²) < 4.78 is 0. The van der Waals surface area contributed by atoms with Gasteiger partial charge in [-0.25, -0.2) is 0 Å². The summed E-state index contributed by atoms with van der Waals surface area (Å²) in [4.78, 5) is 10.7. The molecule has 1 rings (SSSR count). The lowest BCUT2D eigenvalue weighted by atomic mass is 10.1. The Hall–Kier alpha value is -1.62. The molecule has 5 heteroatoms. The third-order valence-electron chi connectivity index (χ3n) is 2.23. The van der Waals surface area contributed by atoms with E-state index >= 15 is 0 Å². The maximum atomic E-state index is 10.7. The topological polar surface area (TPSA) is 53.2 Å². The van der Waals surface area contributed by atoms with E-state index in [0.717, 1.165) is 12.1 Å². The van der Waals surface area contributed by atoms with Crippen molar-refractivity contribution in [2.24, 2.45) is 0 Å². The molecule has 0 heterocycles. The van der Waals surface area contributed by atoms with Crippen molar-refractivity contribution in [1.29, 1.82) is 0 Å². The van der Waals surface area contributed by atoms with Crippen LogP contribution in [0.15, 0.2) is 24.3 Å². The van der Waals surface area contributed by atoms with E-state index in [1.165, 1.54) is 12.5 Å². The molecule has 0 atom stereocenters. The second kappa shape index (κ2) is 6.85. The molecule has 0 saturated carbocycles. The summed E-state index contributed by atoms with van der Waals surface area (Å²) in [5, 5.41) is 9.25. The molecule has 0 aliphatic heterocycles. The van der Waals surface area contributed by atoms with Gasteiger partial charge in [0.2, 0.25) is 5.91 Å². The van der Waals surface area contributed by atoms with Gasteiger partial charge in [0.1, 0.15) is 0 Å². The van der Waals surface area contributed by atoms with Crippen molar-refractivity contribution in [3.05, 3.63) is 29.8 Å². The van der Waals surface area contributed by atoms with Crippen molar-refractivity contribution in [2.75, 3.05) is 18.9 Å². The van der Waals surface area contributed by atoms with Crippen LogP contribution < -0.4 is 16.0 Å². The lowest BCUT2D eigenvalue weighted by molar-refractivity contribution is -0.118. The molecular formula is C12H17N3OS. The van der Waals surface area contributed by atoms with Crippen LogP contribution in [0.5, 0.6) is 0 Å². The van der Waals surface area contributed by atoms with Crippen LogP contribution in [0.3, 0.4) is 0 Å². The van der Waals surface area contributed by atoms with Crippen molar-refractivity contribution in [1.82, 2.24) is 10.6 Å². The quantitative estimate of drug-likeness (QED) is 0.706. The van der Waals surface area contributed by atoms with Crippen LogP contribution in [0.2, 0.25) is 0 Å². The number of hydrogen-bond acceptors (Lipinski definition) is 2. The SMILES string of the molecule is CNC(=S)Nc1ccc(CCNC(C)=O)cc1. The van der Waals surface area contributed by atoms with Crippen LogP contribution in [-0.2, 0) is 11.2 Å². The van der Waals surface area contributed by atoms with Crippen LogP contribution in [0.25, 0.3) is 0 Å². The first-order valence-corrected chi connectivity index (χ1v) is 5.84. The van der Waals surface area contributed by atoms with Crippen LogP contribution in [0.1, 0.15) is 12.5 Å². The molecule has 1 aromatic rings. The fourth-order valence-corrected chi connectivity index (χ4v) is 1.45. The van der Waals surface area contributed by atoms with Crippen LogP contribution in [0.4, 0.5) is 5.69 Å². The largest absolute Gasteiger partial charge is 0.366 e. The number of hydrogen-bond donors (Lipinski definition) is 3. The molecule has 0 unspecified atom stereocenters. The molecule has 1 aromatic carbocycles. The molecule has 0 saturated heterocycles. The molecule has 4 nitrogen and oxygen atoms in total. The van der Waals surface area contributed by atoms with Gasteiger partial charge in [-0.05, 0) is 36.3 Å². The molecular weight excluding hydrogens is 234 g/mol. The maximum absolute atomic E-state index is 10.7. The maximum Gasteiger partial charge on any atom is 0.216 e. The minimum absolute atomic E-state index is 0.00246. The van der Waals surface area contributed by atoms with Gasteiger partial charge >= 0.3 is 0 Å². The average molecular weight is 251 g/mol. The molecule has 0 aliphatic rings. The smallest absolute Gasteiger partial charge is 0.216 e. The third-order valence-corrected chi connectivity index (χ3v) is 2.53. The molecule has 0 spiro atoms. The number of benzene rings is 1.